The Bertz CT molecular complexity index is 354. The third-order valence-electron chi connectivity index (χ3n) is 2.95. The van der Waals surface area contributed by atoms with Crippen LogP contribution in [0.3, 0.4) is 0 Å². The second-order valence-electron chi connectivity index (χ2n) is 4.28. The standard InChI is InChI=1S/C12H15NO2/c1-13(11-6-7-11)8-9-2-4-10(5-3-9)12(14)15/h2-5,11H,6-8H2,1H3,(H,14,15). The molecule has 0 aromatic heterocycles. The van der Waals surface area contributed by atoms with Crippen LogP contribution in [0.25, 0.3) is 0 Å². The van der Waals surface area contributed by atoms with Crippen LogP contribution in [0.4, 0.5) is 0 Å². The monoisotopic (exact) mass is 205 g/mol. The number of benzene rings is 1. The van der Waals surface area contributed by atoms with E-state index in [2.05, 4.69) is 7.05 Å². The average molecular weight is 205 g/mol. The highest BCUT2D eigenvalue weighted by Gasteiger charge is 2.30. The molecule has 0 radical (unpaired) electrons. The fourth-order valence-electron chi connectivity index (χ4n) is 1.80. The van der Waals surface area contributed by atoms with Crippen LogP contribution in [-0.2, 0) is 6.54 Å². The minimum atomic E-state index is -1.11. The fourth-order valence-corrected chi connectivity index (χ4v) is 1.80. The van der Waals surface area contributed by atoms with Gasteiger partial charge in [-0.15, -0.1) is 0 Å². The molecule has 3 heteroatoms. The second-order valence-corrected chi connectivity index (χ2v) is 4.28. The van der Waals surface area contributed by atoms with Gasteiger partial charge in [0, 0.05) is 18.4 Å². The van der Waals surface area contributed by atoms with E-state index in [1.165, 1.54) is 23.3 Å². The maximum Gasteiger partial charge on any atom is 0.103 e. The lowest BCUT2D eigenvalue weighted by molar-refractivity contribution is -0.905. The summed E-state index contributed by atoms with van der Waals surface area (Å²) in [5.74, 6) is -1.11. The molecule has 2 rings (SSSR count). The fraction of sp³-hybridized carbons (Fsp3) is 0.417. The van der Waals surface area contributed by atoms with E-state index in [4.69, 9.17) is 0 Å². The molecule has 0 spiro atoms. The molecule has 15 heavy (non-hydrogen) atoms. The average Bonchev–Trinajstić information content (AvgIpc) is 3.01. The highest BCUT2D eigenvalue weighted by molar-refractivity contribution is 5.85. The summed E-state index contributed by atoms with van der Waals surface area (Å²) in [6.07, 6.45) is 2.64. The molecule has 1 aromatic rings. The Kier molecular flexibility index (Phi) is 2.73. The SMILES string of the molecule is C[NH+](Cc1ccc(C(=O)[O-])cc1)C1CC1. The van der Waals surface area contributed by atoms with Gasteiger partial charge >= 0.3 is 0 Å². The van der Waals surface area contributed by atoms with Crippen molar-refractivity contribution in [3.8, 4) is 0 Å². The summed E-state index contributed by atoms with van der Waals surface area (Å²) in [5, 5.41) is 10.5. The van der Waals surface area contributed by atoms with Crippen molar-refractivity contribution in [2.75, 3.05) is 7.05 Å². The van der Waals surface area contributed by atoms with E-state index in [1.807, 2.05) is 12.1 Å². The van der Waals surface area contributed by atoms with E-state index in [0.717, 1.165) is 12.6 Å². The molecule has 1 N–H and O–H groups in total. The van der Waals surface area contributed by atoms with Gasteiger partial charge in [-0.05, 0) is 5.56 Å². The topological polar surface area (TPSA) is 44.6 Å². The van der Waals surface area contributed by atoms with Crippen LogP contribution in [0.15, 0.2) is 24.3 Å². The summed E-state index contributed by atoms with van der Waals surface area (Å²) in [7, 11) is 2.18. The van der Waals surface area contributed by atoms with Gasteiger partial charge in [0.1, 0.15) is 6.54 Å². The van der Waals surface area contributed by atoms with Gasteiger partial charge in [-0.2, -0.15) is 0 Å². The van der Waals surface area contributed by atoms with E-state index in [0.29, 0.717) is 0 Å². The molecule has 1 saturated carbocycles. The molecule has 1 aromatic carbocycles. The zero-order valence-electron chi connectivity index (χ0n) is 8.82. The first kappa shape index (κ1) is 10.2. The van der Waals surface area contributed by atoms with Gasteiger partial charge < -0.3 is 14.8 Å². The Morgan fingerprint density at radius 2 is 2.00 bits per heavy atom. The van der Waals surface area contributed by atoms with E-state index in [1.54, 1.807) is 12.1 Å². The summed E-state index contributed by atoms with van der Waals surface area (Å²) in [6, 6.07) is 7.79. The summed E-state index contributed by atoms with van der Waals surface area (Å²) in [4.78, 5) is 12.0. The van der Waals surface area contributed by atoms with Crippen LogP contribution in [0.2, 0.25) is 0 Å². The lowest BCUT2D eigenvalue weighted by Crippen LogP contribution is -3.09. The molecule has 1 aliphatic rings. The van der Waals surface area contributed by atoms with Gasteiger partial charge in [-0.25, -0.2) is 0 Å². The van der Waals surface area contributed by atoms with Crippen LogP contribution < -0.4 is 10.0 Å². The number of carboxylic acid groups (broad SMARTS) is 1. The predicted octanol–water partition coefficient (Wildman–Crippen LogP) is -0.773. The van der Waals surface area contributed by atoms with Gasteiger partial charge in [-0.1, -0.05) is 24.3 Å². The molecule has 0 heterocycles. The number of carbonyl (C=O) groups is 1. The lowest BCUT2D eigenvalue weighted by atomic mass is 10.1. The summed E-state index contributed by atoms with van der Waals surface area (Å²) in [6.45, 7) is 0.970. The number of hydrogen-bond donors (Lipinski definition) is 1. The normalized spacial score (nSPS) is 17.4. The molecule has 0 bridgehead atoms. The van der Waals surface area contributed by atoms with E-state index in [9.17, 15) is 9.90 Å². The maximum atomic E-state index is 10.5. The van der Waals surface area contributed by atoms with E-state index in [-0.39, 0.29) is 5.56 Å². The Morgan fingerprint density at radius 3 is 2.47 bits per heavy atom. The molecule has 80 valence electrons. The number of quaternary nitrogens is 1. The van der Waals surface area contributed by atoms with Crippen molar-refractivity contribution in [3.05, 3.63) is 35.4 Å². The van der Waals surface area contributed by atoms with Crippen LogP contribution in [-0.4, -0.2) is 19.1 Å². The Morgan fingerprint density at radius 1 is 1.40 bits per heavy atom. The van der Waals surface area contributed by atoms with Crippen LogP contribution in [0.1, 0.15) is 28.8 Å². The summed E-state index contributed by atoms with van der Waals surface area (Å²) < 4.78 is 0. The summed E-state index contributed by atoms with van der Waals surface area (Å²) in [5.41, 5.74) is 1.44. The van der Waals surface area contributed by atoms with Crippen molar-refractivity contribution in [2.24, 2.45) is 0 Å². The highest BCUT2D eigenvalue weighted by Crippen LogP contribution is 2.15. The Balaban J connectivity index is 1.99. The number of nitrogens with one attached hydrogen (secondary N) is 1. The minimum Gasteiger partial charge on any atom is -0.545 e. The van der Waals surface area contributed by atoms with Gasteiger partial charge in [-0.3, -0.25) is 0 Å². The van der Waals surface area contributed by atoms with E-state index >= 15 is 0 Å². The first-order chi connectivity index (χ1) is 7.16. The first-order valence-corrected chi connectivity index (χ1v) is 5.29. The maximum absolute atomic E-state index is 10.5. The van der Waals surface area contributed by atoms with Crippen LogP contribution in [0, 0.1) is 0 Å². The van der Waals surface area contributed by atoms with Crippen molar-refractivity contribution in [3.63, 3.8) is 0 Å². The third kappa shape index (κ3) is 2.57. The number of aromatic carboxylic acids is 1. The van der Waals surface area contributed by atoms with Crippen LogP contribution in [0.5, 0.6) is 0 Å². The molecule has 1 fully saturated rings. The third-order valence-corrected chi connectivity index (χ3v) is 2.95. The van der Waals surface area contributed by atoms with Crippen molar-refractivity contribution < 1.29 is 14.8 Å². The second kappa shape index (κ2) is 4.03. The summed E-state index contributed by atoms with van der Waals surface area (Å²) >= 11 is 0. The molecule has 3 nitrogen and oxygen atoms in total. The van der Waals surface area contributed by atoms with Gasteiger partial charge in [0.15, 0.2) is 0 Å². The lowest BCUT2D eigenvalue weighted by Gasteiger charge is -2.13. The van der Waals surface area contributed by atoms with E-state index < -0.39 is 5.97 Å². The van der Waals surface area contributed by atoms with Gasteiger partial charge in [0.25, 0.3) is 0 Å². The van der Waals surface area contributed by atoms with Crippen molar-refractivity contribution in [2.45, 2.75) is 25.4 Å². The number of carboxylic acids is 1. The molecule has 1 atom stereocenters. The predicted molar refractivity (Wildman–Crippen MR) is 54.4 cm³/mol. The quantitative estimate of drug-likeness (QED) is 0.701. The number of carbonyl (C=O) groups excluding carboxylic acids is 1. The van der Waals surface area contributed by atoms with Gasteiger partial charge in [0.05, 0.1) is 19.1 Å². The highest BCUT2D eigenvalue weighted by atomic mass is 16.4. The molecule has 1 unspecified atom stereocenters. The molecule has 1 aliphatic carbocycles. The first-order valence-electron chi connectivity index (χ1n) is 5.29. The smallest absolute Gasteiger partial charge is 0.103 e. The van der Waals surface area contributed by atoms with Crippen molar-refractivity contribution in [1.82, 2.24) is 0 Å². The molecule has 0 amide bonds. The molecule has 0 saturated heterocycles. The Labute approximate surface area is 89.3 Å². The van der Waals surface area contributed by atoms with Crippen molar-refractivity contribution in [1.29, 1.82) is 0 Å². The zero-order valence-corrected chi connectivity index (χ0v) is 8.82. The minimum absolute atomic E-state index is 0.253. The zero-order chi connectivity index (χ0) is 10.8. The molecular formula is C12H15NO2. The number of rotatable bonds is 4. The van der Waals surface area contributed by atoms with Crippen LogP contribution >= 0.6 is 0 Å². The largest absolute Gasteiger partial charge is 0.545 e. The number of hydrogen-bond acceptors (Lipinski definition) is 2. The molecular weight excluding hydrogens is 190 g/mol. The molecule has 0 aliphatic heterocycles. The Hall–Kier alpha value is -1.35. The van der Waals surface area contributed by atoms with Gasteiger partial charge in [0.2, 0.25) is 0 Å². The van der Waals surface area contributed by atoms with Crippen molar-refractivity contribution >= 4 is 5.97 Å².